The molecule has 2 rings (SSSR count). The smallest absolute Gasteiger partial charge is 0.178 e. The Hall–Kier alpha value is -0.720. The third-order valence-corrected chi connectivity index (χ3v) is 1.76. The van der Waals surface area contributed by atoms with Gasteiger partial charge in [-0.15, -0.1) is 10.2 Å². The molecule has 1 fully saturated rings. The molecule has 58 valence electrons. The quantitative estimate of drug-likeness (QED) is 0.567. The van der Waals surface area contributed by atoms with Crippen LogP contribution in [0.25, 0.3) is 0 Å². The number of ether oxygens (including phenoxy) is 1. The van der Waals surface area contributed by atoms with Crippen molar-refractivity contribution in [2.75, 3.05) is 13.2 Å². The lowest BCUT2D eigenvalue weighted by atomic mass is 10.3. The van der Waals surface area contributed by atoms with Gasteiger partial charge >= 0.3 is 0 Å². The highest BCUT2D eigenvalue weighted by molar-refractivity contribution is 7.82. The Bertz CT molecular complexity index is 243. The molecule has 0 aromatic rings. The van der Waals surface area contributed by atoms with Crippen LogP contribution < -0.4 is 5.32 Å². The summed E-state index contributed by atoms with van der Waals surface area (Å²) in [7, 11) is 0. The van der Waals surface area contributed by atoms with Crippen LogP contribution in [-0.4, -0.2) is 30.1 Å². The number of rotatable bonds is 1. The molecule has 0 bridgehead atoms. The largest absolute Gasteiger partial charge is 0.356 e. The molecule has 1 saturated heterocycles. The highest BCUT2D eigenvalue weighted by Crippen LogP contribution is 2.07. The predicted octanol–water partition coefficient (Wildman–Crippen LogP) is 0.0815. The van der Waals surface area contributed by atoms with Gasteiger partial charge in [0.2, 0.25) is 0 Å². The molecule has 2 aliphatic rings. The fourth-order valence-electron chi connectivity index (χ4n) is 0.971. The second-order valence-electron chi connectivity index (χ2n) is 2.18. The van der Waals surface area contributed by atoms with E-state index in [0.717, 1.165) is 6.54 Å². The number of thiocarbonyl (C=S) groups is 1. The summed E-state index contributed by atoms with van der Waals surface area (Å²) in [6, 6.07) is 0. The van der Waals surface area contributed by atoms with E-state index in [1.54, 1.807) is 0 Å². The minimum Gasteiger partial charge on any atom is -0.356 e. The molecule has 0 saturated carbocycles. The van der Waals surface area contributed by atoms with Crippen LogP contribution >= 0.6 is 12.2 Å². The molecular formula is C5H6N4OS. The molecule has 5 nitrogen and oxygen atoms in total. The van der Waals surface area contributed by atoms with Gasteiger partial charge in [0, 0.05) is 6.54 Å². The summed E-state index contributed by atoms with van der Waals surface area (Å²) in [4.78, 5) is 0.421. The first-order valence-corrected chi connectivity index (χ1v) is 3.66. The van der Waals surface area contributed by atoms with Gasteiger partial charge in [-0.1, -0.05) is 12.2 Å². The Morgan fingerprint density at radius 1 is 1.64 bits per heavy atom. The fourth-order valence-corrected chi connectivity index (χ4v) is 1.16. The summed E-state index contributed by atoms with van der Waals surface area (Å²) in [5, 5.41) is 13.9. The van der Waals surface area contributed by atoms with Gasteiger partial charge in [-0.05, 0) is 5.22 Å². The zero-order valence-electron chi connectivity index (χ0n) is 5.65. The maximum absolute atomic E-state index is 5.26. The summed E-state index contributed by atoms with van der Waals surface area (Å²) in [5.74, 6) is 0. The molecule has 11 heavy (non-hydrogen) atoms. The van der Waals surface area contributed by atoms with E-state index in [1.807, 2.05) is 0 Å². The maximum atomic E-state index is 5.26. The van der Waals surface area contributed by atoms with Gasteiger partial charge in [-0.2, -0.15) is 0 Å². The van der Waals surface area contributed by atoms with Crippen molar-refractivity contribution < 1.29 is 4.74 Å². The summed E-state index contributed by atoms with van der Waals surface area (Å²) in [6.45, 7) is 1.51. The minimum absolute atomic E-state index is 0.197. The van der Waals surface area contributed by atoms with Crippen molar-refractivity contribution in [2.45, 2.75) is 6.23 Å². The number of hydrogen-bond donors (Lipinski definition) is 1. The van der Waals surface area contributed by atoms with Gasteiger partial charge in [0.1, 0.15) is 5.71 Å². The molecule has 0 aliphatic carbocycles. The Morgan fingerprint density at radius 3 is 3.09 bits per heavy atom. The van der Waals surface area contributed by atoms with Crippen molar-refractivity contribution in [1.82, 2.24) is 5.32 Å². The molecule has 0 spiro atoms. The molecule has 0 aromatic carbocycles. The van der Waals surface area contributed by atoms with Crippen molar-refractivity contribution in [1.29, 1.82) is 0 Å². The Labute approximate surface area is 68.5 Å². The zero-order chi connectivity index (χ0) is 7.68. The van der Waals surface area contributed by atoms with Crippen molar-refractivity contribution in [3.63, 3.8) is 0 Å². The summed E-state index contributed by atoms with van der Waals surface area (Å²) in [6.07, 6.45) is -0.197. The second-order valence-corrected chi connectivity index (χ2v) is 2.57. The molecule has 1 N–H and O–H groups in total. The highest BCUT2D eigenvalue weighted by Gasteiger charge is 2.26. The zero-order valence-corrected chi connectivity index (χ0v) is 6.47. The first-order valence-electron chi connectivity index (χ1n) is 3.26. The van der Waals surface area contributed by atoms with Crippen molar-refractivity contribution >= 4 is 22.9 Å². The van der Waals surface area contributed by atoms with E-state index in [0.29, 0.717) is 17.3 Å². The summed E-state index contributed by atoms with van der Waals surface area (Å²) < 4.78 is 5.26. The first-order chi connectivity index (χ1) is 5.38. The average Bonchev–Trinajstić information content (AvgIpc) is 2.55. The number of hydrogen-bond acceptors (Lipinski definition) is 5. The van der Waals surface area contributed by atoms with E-state index in [4.69, 9.17) is 17.0 Å². The lowest BCUT2D eigenvalue weighted by Gasteiger charge is -2.06. The van der Waals surface area contributed by atoms with Gasteiger partial charge in [0.05, 0.1) is 6.61 Å². The van der Waals surface area contributed by atoms with Crippen LogP contribution in [0.2, 0.25) is 0 Å². The van der Waals surface area contributed by atoms with Crippen LogP contribution in [0.3, 0.4) is 0 Å². The summed E-state index contributed by atoms with van der Waals surface area (Å²) in [5.41, 5.74) is 0.623. The number of nitrogens with zero attached hydrogens (tertiary/aromatic N) is 3. The Kier molecular flexibility index (Phi) is 1.72. The van der Waals surface area contributed by atoms with E-state index in [9.17, 15) is 0 Å². The van der Waals surface area contributed by atoms with Crippen molar-refractivity contribution in [2.24, 2.45) is 15.4 Å². The first kappa shape index (κ1) is 6.96. The Balaban J connectivity index is 2.11. The van der Waals surface area contributed by atoms with Crippen molar-refractivity contribution in [3.05, 3.63) is 0 Å². The van der Waals surface area contributed by atoms with E-state index in [-0.39, 0.29) is 6.23 Å². The minimum atomic E-state index is -0.197. The molecule has 1 unspecified atom stereocenters. The van der Waals surface area contributed by atoms with Crippen LogP contribution in [0.5, 0.6) is 0 Å². The maximum Gasteiger partial charge on any atom is 0.178 e. The van der Waals surface area contributed by atoms with Gasteiger partial charge in [0.25, 0.3) is 0 Å². The van der Waals surface area contributed by atoms with Crippen molar-refractivity contribution in [3.8, 4) is 0 Å². The van der Waals surface area contributed by atoms with Gasteiger partial charge in [-0.25, -0.2) is 0 Å². The van der Waals surface area contributed by atoms with E-state index in [1.165, 1.54) is 0 Å². The molecule has 6 heteroatoms. The van der Waals surface area contributed by atoms with E-state index >= 15 is 0 Å². The molecule has 1 atom stereocenters. The van der Waals surface area contributed by atoms with Crippen LogP contribution in [0.4, 0.5) is 0 Å². The molecular weight excluding hydrogens is 164 g/mol. The molecule has 0 amide bonds. The third kappa shape index (κ3) is 1.20. The molecule has 2 heterocycles. The van der Waals surface area contributed by atoms with Gasteiger partial charge < -0.3 is 4.74 Å². The number of nitrogens with one attached hydrogen (secondary N) is 1. The molecule has 2 aliphatic heterocycles. The normalized spacial score (nSPS) is 29.6. The lowest BCUT2D eigenvalue weighted by Crippen LogP contribution is -2.34. The monoisotopic (exact) mass is 170 g/mol. The SMILES string of the molecule is S=C1N=NN=C1C1NCCO1. The second kappa shape index (κ2) is 2.72. The van der Waals surface area contributed by atoms with Crippen LogP contribution in [0.1, 0.15) is 0 Å². The van der Waals surface area contributed by atoms with Crippen LogP contribution in [0.15, 0.2) is 15.4 Å². The van der Waals surface area contributed by atoms with E-state index in [2.05, 4.69) is 20.8 Å². The molecule has 0 radical (unpaired) electrons. The lowest BCUT2D eigenvalue weighted by molar-refractivity contribution is 0.153. The van der Waals surface area contributed by atoms with Crippen LogP contribution in [-0.2, 0) is 4.74 Å². The topological polar surface area (TPSA) is 58.3 Å². The molecule has 0 aromatic heterocycles. The fraction of sp³-hybridized carbons (Fsp3) is 0.600. The van der Waals surface area contributed by atoms with E-state index < -0.39 is 0 Å². The van der Waals surface area contributed by atoms with Crippen LogP contribution in [0, 0.1) is 0 Å². The standard InChI is InChI=1S/C5H6N4OS/c11-5-3(7-9-8-5)4-6-1-2-10-4/h4,6H,1-2H2. The Morgan fingerprint density at radius 2 is 2.55 bits per heavy atom. The summed E-state index contributed by atoms with van der Waals surface area (Å²) >= 11 is 4.87. The highest BCUT2D eigenvalue weighted by atomic mass is 32.1. The average molecular weight is 170 g/mol. The predicted molar refractivity (Wildman–Crippen MR) is 42.6 cm³/mol. The van der Waals surface area contributed by atoms with Gasteiger partial charge in [-0.3, -0.25) is 5.32 Å². The van der Waals surface area contributed by atoms with Gasteiger partial charge in [0.15, 0.2) is 11.2 Å². The third-order valence-electron chi connectivity index (χ3n) is 1.47.